The van der Waals surface area contributed by atoms with Gasteiger partial charge < -0.3 is 20.5 Å². The number of alkyl halides is 3. The minimum atomic E-state index is -4.93. The minimum Gasteiger partial charge on any atom is -0.508 e. The number of hydrogen-bond donors (Lipinski definition) is 3. The predicted octanol–water partition coefficient (Wildman–Crippen LogP) is 2.71. The van der Waals surface area contributed by atoms with Crippen LogP contribution in [0.4, 0.5) is 17.6 Å². The van der Waals surface area contributed by atoms with E-state index in [4.69, 9.17) is 15.9 Å². The maximum atomic E-state index is 14.0. The Labute approximate surface area is 159 Å². The molecule has 1 fully saturated rings. The molecule has 1 saturated heterocycles. The van der Waals surface area contributed by atoms with Gasteiger partial charge in [0, 0.05) is 37.9 Å². The highest BCUT2D eigenvalue weighted by molar-refractivity contribution is 6.04. The molecular weight excluding hydrogens is 382 g/mol. The molecule has 0 saturated carbocycles. The first-order valence-electron chi connectivity index (χ1n) is 8.55. The number of halogens is 4. The first kappa shape index (κ1) is 21.7. The van der Waals surface area contributed by atoms with E-state index in [0.29, 0.717) is 19.6 Å². The highest BCUT2D eigenvalue weighted by atomic mass is 19.4. The van der Waals surface area contributed by atoms with E-state index in [9.17, 15) is 27.5 Å². The number of amides is 1. The third kappa shape index (κ3) is 5.95. The minimum absolute atomic E-state index is 0.0764. The quantitative estimate of drug-likeness (QED) is 0.370. The van der Waals surface area contributed by atoms with E-state index in [1.54, 1.807) is 0 Å². The van der Waals surface area contributed by atoms with Gasteiger partial charge in [0.05, 0.1) is 5.70 Å². The number of nitrogens with two attached hydrogens (primary N) is 1. The number of rotatable bonds is 7. The third-order valence-electron chi connectivity index (χ3n) is 4.37. The van der Waals surface area contributed by atoms with Gasteiger partial charge in [0.1, 0.15) is 17.3 Å². The molecule has 1 unspecified atom stereocenters. The second kappa shape index (κ2) is 9.05. The molecule has 1 aromatic carbocycles. The second-order valence-electron chi connectivity index (χ2n) is 6.53. The highest BCUT2D eigenvalue weighted by Gasteiger charge is 2.33. The monoisotopic (exact) mass is 403 g/mol. The Morgan fingerprint density at radius 3 is 2.71 bits per heavy atom. The van der Waals surface area contributed by atoms with Crippen molar-refractivity contribution in [3.63, 3.8) is 0 Å². The normalized spacial score (nSPS) is 17.6. The summed E-state index contributed by atoms with van der Waals surface area (Å²) in [5.41, 5.74) is 3.05. The topological polar surface area (TPSA) is 99.6 Å². The molecule has 0 spiro atoms. The van der Waals surface area contributed by atoms with Crippen LogP contribution in [0.25, 0.3) is 0 Å². The third-order valence-corrected chi connectivity index (χ3v) is 4.37. The smallest absolute Gasteiger partial charge is 0.432 e. The number of carbonyl (C=O) groups is 1. The summed E-state index contributed by atoms with van der Waals surface area (Å²) in [6, 6.07) is 3.40. The number of phenolic OH excluding ortho intramolecular Hbond substituents is 1. The molecule has 2 rings (SSSR count). The van der Waals surface area contributed by atoms with E-state index in [1.807, 2.05) is 0 Å². The number of carbonyl (C=O) groups excluding carboxylic acids is 1. The molecule has 1 heterocycles. The number of phenols is 1. The van der Waals surface area contributed by atoms with Gasteiger partial charge in [-0.25, -0.2) is 4.39 Å². The van der Waals surface area contributed by atoms with Crippen LogP contribution < -0.4 is 5.73 Å². The van der Waals surface area contributed by atoms with Gasteiger partial charge in [-0.1, -0.05) is 6.07 Å². The van der Waals surface area contributed by atoms with Crippen LogP contribution in [0.5, 0.6) is 5.75 Å². The summed E-state index contributed by atoms with van der Waals surface area (Å²) in [6.45, 7) is 0.989. The zero-order chi connectivity index (χ0) is 20.9. The molecule has 0 radical (unpaired) electrons. The van der Waals surface area contributed by atoms with Gasteiger partial charge in [0.25, 0.3) is 5.91 Å². The molecule has 1 amide bonds. The molecule has 28 heavy (non-hydrogen) atoms. The number of benzene rings is 1. The van der Waals surface area contributed by atoms with E-state index < -0.39 is 29.3 Å². The summed E-state index contributed by atoms with van der Waals surface area (Å²) in [7, 11) is 0. The first-order chi connectivity index (χ1) is 13.1. The van der Waals surface area contributed by atoms with Gasteiger partial charge in [0.15, 0.2) is 0 Å². The van der Waals surface area contributed by atoms with Gasteiger partial charge in [-0.3, -0.25) is 10.2 Å². The van der Waals surface area contributed by atoms with Crippen LogP contribution >= 0.6 is 0 Å². The number of nitrogens with zero attached hydrogens (tertiary/aromatic N) is 1. The molecule has 1 atom stereocenters. The van der Waals surface area contributed by atoms with Crippen molar-refractivity contribution in [3.05, 3.63) is 41.4 Å². The molecule has 0 aliphatic carbocycles. The van der Waals surface area contributed by atoms with Crippen LogP contribution in [-0.2, 0) is 16.1 Å². The lowest BCUT2D eigenvalue weighted by atomic mass is 10.0. The maximum Gasteiger partial charge on any atom is 0.432 e. The van der Waals surface area contributed by atoms with Crippen molar-refractivity contribution in [1.29, 1.82) is 5.41 Å². The Morgan fingerprint density at radius 2 is 2.14 bits per heavy atom. The van der Waals surface area contributed by atoms with Crippen LogP contribution in [0.2, 0.25) is 0 Å². The largest absolute Gasteiger partial charge is 0.508 e. The molecule has 0 aromatic heterocycles. The molecule has 10 heteroatoms. The van der Waals surface area contributed by atoms with Gasteiger partial charge in [0.2, 0.25) is 0 Å². The Kier molecular flexibility index (Phi) is 7.00. The van der Waals surface area contributed by atoms with Gasteiger partial charge in [-0.2, -0.15) is 13.2 Å². The summed E-state index contributed by atoms with van der Waals surface area (Å²) < 4.78 is 56.9. The lowest BCUT2D eigenvalue weighted by Gasteiger charge is -2.24. The molecule has 6 nitrogen and oxygen atoms in total. The Balaban J connectivity index is 2.19. The van der Waals surface area contributed by atoms with Crippen molar-refractivity contribution in [2.24, 2.45) is 11.7 Å². The van der Waals surface area contributed by atoms with Crippen LogP contribution in [0, 0.1) is 17.1 Å². The molecule has 4 N–H and O–H groups in total. The summed E-state index contributed by atoms with van der Waals surface area (Å²) >= 11 is 0. The van der Waals surface area contributed by atoms with Gasteiger partial charge in [-0.05, 0) is 30.9 Å². The molecule has 154 valence electrons. The molecule has 1 aliphatic rings. The summed E-state index contributed by atoms with van der Waals surface area (Å²) in [4.78, 5) is 13.7. The number of ether oxygens (including phenoxy) is 1. The van der Waals surface area contributed by atoms with Crippen molar-refractivity contribution >= 4 is 11.6 Å². The average molecular weight is 403 g/mol. The summed E-state index contributed by atoms with van der Waals surface area (Å²) in [5, 5.41) is 16.3. The Bertz CT molecular complexity index is 759. The number of aromatic hydroxyl groups is 1. The number of allylic oxidation sites excluding steroid dienone is 1. The fraction of sp³-hybridized carbons (Fsp3) is 0.444. The van der Waals surface area contributed by atoms with Gasteiger partial charge >= 0.3 is 6.18 Å². The van der Waals surface area contributed by atoms with Crippen molar-refractivity contribution < 1.29 is 32.2 Å². The van der Waals surface area contributed by atoms with Crippen LogP contribution in [-0.4, -0.2) is 47.6 Å². The van der Waals surface area contributed by atoms with E-state index in [0.717, 1.165) is 17.4 Å². The van der Waals surface area contributed by atoms with Crippen LogP contribution in [0.15, 0.2) is 30.0 Å². The number of hydrogen-bond acceptors (Lipinski definition) is 5. The summed E-state index contributed by atoms with van der Waals surface area (Å²) in [6.07, 6.45) is -3.38. The molecule has 1 aliphatic heterocycles. The van der Waals surface area contributed by atoms with Crippen molar-refractivity contribution in [3.8, 4) is 5.75 Å². The van der Waals surface area contributed by atoms with Gasteiger partial charge in [-0.15, -0.1) is 0 Å². The zero-order valence-electron chi connectivity index (χ0n) is 14.9. The van der Waals surface area contributed by atoms with Crippen molar-refractivity contribution in [1.82, 2.24) is 4.90 Å². The first-order valence-corrected chi connectivity index (χ1v) is 8.55. The van der Waals surface area contributed by atoms with Crippen LogP contribution in [0.1, 0.15) is 18.4 Å². The zero-order valence-corrected chi connectivity index (χ0v) is 14.9. The fourth-order valence-electron chi connectivity index (χ4n) is 2.75. The Morgan fingerprint density at radius 1 is 1.43 bits per heavy atom. The summed E-state index contributed by atoms with van der Waals surface area (Å²) in [5.74, 6) is -1.80. The Hall–Kier alpha value is -2.62. The SMILES string of the molecule is N=C(/C=C(\N)C(=O)N(CCC1CCOC1)Cc1ccc(O)cc1F)C(F)(F)F. The molecular formula is C18H21F4N3O3. The maximum absolute atomic E-state index is 14.0. The standard InChI is InChI=1S/C18H21F4N3O3/c19-14-7-13(26)2-1-12(14)9-25(5-3-11-4-6-28-10-11)17(27)15(23)8-16(24)18(20,21)22/h1-2,7-8,11,24,26H,3-6,9-10,23H2/b15-8-,24-16?. The fourth-order valence-corrected chi connectivity index (χ4v) is 2.75. The average Bonchev–Trinajstić information content (AvgIpc) is 3.12. The lowest BCUT2D eigenvalue weighted by Crippen LogP contribution is -2.37. The highest BCUT2D eigenvalue weighted by Crippen LogP contribution is 2.21. The lowest BCUT2D eigenvalue weighted by molar-refractivity contribution is -0.128. The van der Waals surface area contributed by atoms with E-state index in [1.165, 1.54) is 12.1 Å². The van der Waals surface area contributed by atoms with E-state index in [-0.39, 0.29) is 36.4 Å². The van der Waals surface area contributed by atoms with E-state index in [2.05, 4.69) is 0 Å². The van der Waals surface area contributed by atoms with Crippen LogP contribution in [0.3, 0.4) is 0 Å². The second-order valence-corrected chi connectivity index (χ2v) is 6.53. The molecule has 1 aromatic rings. The van der Waals surface area contributed by atoms with Crippen molar-refractivity contribution in [2.45, 2.75) is 25.6 Å². The predicted molar refractivity (Wildman–Crippen MR) is 93.1 cm³/mol. The van der Waals surface area contributed by atoms with E-state index >= 15 is 0 Å². The van der Waals surface area contributed by atoms with Crippen molar-refractivity contribution in [2.75, 3.05) is 19.8 Å². The number of nitrogens with one attached hydrogen (secondary N) is 1. The molecule has 0 bridgehead atoms.